The molecule has 4 saturated carbocycles. The predicted molar refractivity (Wildman–Crippen MR) is 68.4 cm³/mol. The third kappa shape index (κ3) is 1.92. The van der Waals surface area contributed by atoms with Crippen molar-refractivity contribution in [1.29, 1.82) is 5.26 Å². The molecular formula is C15H22N2O. The van der Waals surface area contributed by atoms with E-state index in [1.807, 2.05) is 0 Å². The number of nitrogens with zero attached hydrogens (tertiary/aromatic N) is 1. The van der Waals surface area contributed by atoms with Crippen molar-refractivity contribution in [2.75, 3.05) is 0 Å². The van der Waals surface area contributed by atoms with Crippen LogP contribution in [0.15, 0.2) is 0 Å². The highest BCUT2D eigenvalue weighted by atomic mass is 16.2. The van der Waals surface area contributed by atoms with Crippen molar-refractivity contribution >= 4 is 5.91 Å². The first-order valence-corrected chi connectivity index (χ1v) is 7.22. The molecule has 0 spiro atoms. The summed E-state index contributed by atoms with van der Waals surface area (Å²) < 4.78 is 0. The number of rotatable bonds is 2. The molecule has 4 aliphatic rings. The third-order valence-corrected chi connectivity index (χ3v) is 5.24. The number of carbonyl (C=O) groups excluding carboxylic acids is 1. The number of amides is 1. The molecular weight excluding hydrogens is 224 g/mol. The summed E-state index contributed by atoms with van der Waals surface area (Å²) in [6, 6.07) is 2.16. The summed E-state index contributed by atoms with van der Waals surface area (Å²) in [5.74, 6) is 3.29. The van der Waals surface area contributed by atoms with Crippen LogP contribution >= 0.6 is 0 Å². The van der Waals surface area contributed by atoms with Gasteiger partial charge in [-0.25, -0.2) is 0 Å². The van der Waals surface area contributed by atoms with Gasteiger partial charge in [-0.1, -0.05) is 0 Å². The highest BCUT2D eigenvalue weighted by molar-refractivity contribution is 5.80. The molecule has 0 aromatic carbocycles. The van der Waals surface area contributed by atoms with E-state index >= 15 is 0 Å². The van der Waals surface area contributed by atoms with E-state index in [9.17, 15) is 4.79 Å². The molecule has 4 rings (SSSR count). The Balaban J connectivity index is 1.73. The van der Waals surface area contributed by atoms with Crippen molar-refractivity contribution in [3.8, 4) is 6.07 Å². The maximum absolute atomic E-state index is 12.4. The van der Waals surface area contributed by atoms with E-state index in [2.05, 4.69) is 11.4 Å². The molecule has 0 aromatic rings. The van der Waals surface area contributed by atoms with Gasteiger partial charge in [-0.2, -0.15) is 5.26 Å². The van der Waals surface area contributed by atoms with Crippen molar-refractivity contribution in [3.05, 3.63) is 0 Å². The van der Waals surface area contributed by atoms with Crippen LogP contribution in [0, 0.1) is 40.9 Å². The quantitative estimate of drug-likeness (QED) is 0.813. The fourth-order valence-corrected chi connectivity index (χ4v) is 4.77. The van der Waals surface area contributed by atoms with E-state index in [1.54, 1.807) is 13.8 Å². The fraction of sp³-hybridized carbons (Fsp3) is 0.867. The van der Waals surface area contributed by atoms with Crippen molar-refractivity contribution in [2.45, 2.75) is 51.5 Å². The summed E-state index contributed by atoms with van der Waals surface area (Å²) in [5.41, 5.74) is -0.730. The molecule has 18 heavy (non-hydrogen) atoms. The van der Waals surface area contributed by atoms with Crippen LogP contribution in [-0.2, 0) is 4.79 Å². The number of carbonyl (C=O) groups is 1. The lowest BCUT2D eigenvalue weighted by Crippen LogP contribution is -2.54. The summed E-state index contributed by atoms with van der Waals surface area (Å²) in [7, 11) is 0. The SMILES string of the molecule is CC(C)(C#N)NC(=O)C1C2CC3CC(C2)CC1C3. The molecule has 0 unspecified atom stereocenters. The van der Waals surface area contributed by atoms with Gasteiger partial charge in [0.15, 0.2) is 0 Å². The smallest absolute Gasteiger partial charge is 0.224 e. The van der Waals surface area contributed by atoms with Crippen LogP contribution in [0.4, 0.5) is 0 Å². The number of nitrogens with one attached hydrogen (secondary N) is 1. The molecule has 3 heteroatoms. The van der Waals surface area contributed by atoms with Gasteiger partial charge in [0.25, 0.3) is 0 Å². The van der Waals surface area contributed by atoms with Crippen LogP contribution in [0.25, 0.3) is 0 Å². The van der Waals surface area contributed by atoms with Crippen LogP contribution < -0.4 is 5.32 Å². The first kappa shape index (κ1) is 12.0. The van der Waals surface area contributed by atoms with E-state index in [0.29, 0.717) is 11.8 Å². The van der Waals surface area contributed by atoms with Crippen LogP contribution in [0.1, 0.15) is 46.0 Å². The second-order valence-electron chi connectivity index (χ2n) is 7.18. The highest BCUT2D eigenvalue weighted by Gasteiger charge is 2.51. The molecule has 0 heterocycles. The first-order chi connectivity index (χ1) is 8.48. The standard InChI is InChI=1S/C15H22N2O/c1-15(2,8-16)17-14(18)13-11-4-9-3-10(6-11)7-12(13)5-9/h9-13H,3-7H2,1-2H3,(H,17,18). The lowest BCUT2D eigenvalue weighted by molar-refractivity contribution is -0.139. The molecule has 1 amide bonds. The molecule has 0 saturated heterocycles. The average Bonchev–Trinajstić information content (AvgIpc) is 2.26. The minimum atomic E-state index is -0.730. The Labute approximate surface area is 109 Å². The van der Waals surface area contributed by atoms with Gasteiger partial charge < -0.3 is 5.32 Å². The second-order valence-corrected chi connectivity index (χ2v) is 7.18. The summed E-state index contributed by atoms with van der Waals surface area (Å²) in [6.07, 6.45) is 6.40. The molecule has 0 atom stereocenters. The van der Waals surface area contributed by atoms with Crippen molar-refractivity contribution in [3.63, 3.8) is 0 Å². The lowest BCUT2D eigenvalue weighted by atomic mass is 9.51. The van der Waals surface area contributed by atoms with E-state index in [-0.39, 0.29) is 11.8 Å². The molecule has 4 fully saturated rings. The normalized spacial score (nSPS) is 41.5. The van der Waals surface area contributed by atoms with Gasteiger partial charge in [0.05, 0.1) is 6.07 Å². The lowest BCUT2D eigenvalue weighted by Gasteiger charge is -2.53. The molecule has 3 nitrogen and oxygen atoms in total. The van der Waals surface area contributed by atoms with Crippen molar-refractivity contribution in [2.24, 2.45) is 29.6 Å². The Hall–Kier alpha value is -1.04. The zero-order valence-corrected chi connectivity index (χ0v) is 11.3. The molecule has 0 aliphatic heterocycles. The van der Waals surface area contributed by atoms with Gasteiger partial charge in [-0.15, -0.1) is 0 Å². The molecule has 1 N–H and O–H groups in total. The van der Waals surface area contributed by atoms with Gasteiger partial charge in [0.2, 0.25) is 5.91 Å². The maximum atomic E-state index is 12.4. The highest BCUT2D eigenvalue weighted by Crippen LogP contribution is 2.56. The van der Waals surface area contributed by atoms with E-state index in [1.165, 1.54) is 32.1 Å². The Morgan fingerprint density at radius 3 is 2.06 bits per heavy atom. The van der Waals surface area contributed by atoms with Gasteiger partial charge in [-0.3, -0.25) is 4.79 Å². The fourth-order valence-electron chi connectivity index (χ4n) is 4.77. The summed E-state index contributed by atoms with van der Waals surface area (Å²) in [5, 5.41) is 12.0. The van der Waals surface area contributed by atoms with Crippen LogP contribution in [0.2, 0.25) is 0 Å². The van der Waals surface area contributed by atoms with E-state index < -0.39 is 5.54 Å². The number of hydrogen-bond acceptors (Lipinski definition) is 2. The predicted octanol–water partition coefficient (Wildman–Crippen LogP) is 2.48. The van der Waals surface area contributed by atoms with Crippen LogP contribution in [-0.4, -0.2) is 11.4 Å². The van der Waals surface area contributed by atoms with Gasteiger partial charge >= 0.3 is 0 Å². The Morgan fingerprint density at radius 2 is 1.61 bits per heavy atom. The second kappa shape index (κ2) is 3.98. The van der Waals surface area contributed by atoms with E-state index in [0.717, 1.165) is 11.8 Å². The monoisotopic (exact) mass is 246 g/mol. The Morgan fingerprint density at radius 1 is 1.11 bits per heavy atom. The number of hydrogen-bond donors (Lipinski definition) is 1. The maximum Gasteiger partial charge on any atom is 0.224 e. The van der Waals surface area contributed by atoms with Crippen molar-refractivity contribution < 1.29 is 4.79 Å². The Kier molecular flexibility index (Phi) is 2.66. The van der Waals surface area contributed by atoms with E-state index in [4.69, 9.17) is 5.26 Å². The largest absolute Gasteiger partial charge is 0.338 e. The molecule has 0 radical (unpaired) electrons. The average molecular weight is 246 g/mol. The zero-order chi connectivity index (χ0) is 12.9. The minimum Gasteiger partial charge on any atom is -0.338 e. The zero-order valence-electron chi connectivity index (χ0n) is 11.3. The molecule has 4 aliphatic carbocycles. The van der Waals surface area contributed by atoms with Crippen molar-refractivity contribution in [1.82, 2.24) is 5.32 Å². The summed E-state index contributed by atoms with van der Waals surface area (Å²) >= 11 is 0. The molecule has 4 bridgehead atoms. The molecule has 0 aromatic heterocycles. The Bertz CT molecular complexity index is 379. The minimum absolute atomic E-state index is 0.135. The van der Waals surface area contributed by atoms with Gasteiger partial charge in [0.1, 0.15) is 5.54 Å². The van der Waals surface area contributed by atoms with Crippen LogP contribution in [0.3, 0.4) is 0 Å². The third-order valence-electron chi connectivity index (χ3n) is 5.24. The number of nitriles is 1. The van der Waals surface area contributed by atoms with Crippen LogP contribution in [0.5, 0.6) is 0 Å². The topological polar surface area (TPSA) is 52.9 Å². The van der Waals surface area contributed by atoms with Gasteiger partial charge in [-0.05, 0) is 69.6 Å². The first-order valence-electron chi connectivity index (χ1n) is 7.22. The van der Waals surface area contributed by atoms with Gasteiger partial charge in [0, 0.05) is 5.92 Å². The molecule has 98 valence electrons. The summed E-state index contributed by atoms with van der Waals surface area (Å²) in [4.78, 5) is 12.4. The summed E-state index contributed by atoms with van der Waals surface area (Å²) in [6.45, 7) is 3.56.